The van der Waals surface area contributed by atoms with Crippen molar-refractivity contribution in [2.45, 2.75) is 12.6 Å². The highest BCUT2D eigenvalue weighted by Gasteiger charge is 2.12. The highest BCUT2D eigenvalue weighted by molar-refractivity contribution is 5.33. The molecule has 3 nitrogen and oxygen atoms in total. The molecule has 0 unspecified atom stereocenters. The predicted octanol–water partition coefficient (Wildman–Crippen LogP) is 0.588. The van der Waals surface area contributed by atoms with Crippen LogP contribution < -0.4 is 0 Å². The van der Waals surface area contributed by atoms with Crippen molar-refractivity contribution < 1.29 is 4.74 Å². The van der Waals surface area contributed by atoms with Gasteiger partial charge in [-0.05, 0) is 0 Å². The first-order valence-electron chi connectivity index (χ1n) is 3.43. The second-order valence-electron chi connectivity index (χ2n) is 2.45. The first-order valence-corrected chi connectivity index (χ1v) is 3.43. The zero-order chi connectivity index (χ0) is 7.68. The van der Waals surface area contributed by atoms with Crippen LogP contribution >= 0.6 is 0 Å². The van der Waals surface area contributed by atoms with Crippen LogP contribution in [0.5, 0.6) is 0 Å². The summed E-state index contributed by atoms with van der Waals surface area (Å²) in [6.45, 7) is 0.618. The van der Waals surface area contributed by atoms with Crippen molar-refractivity contribution in [3.8, 4) is 11.8 Å². The van der Waals surface area contributed by atoms with Crippen molar-refractivity contribution in [1.29, 1.82) is 0 Å². The Hall–Kier alpha value is -1.27. The smallest absolute Gasteiger partial charge is 0.172 e. The van der Waals surface area contributed by atoms with Crippen molar-refractivity contribution in [3.05, 3.63) is 18.0 Å². The van der Waals surface area contributed by atoms with Crippen LogP contribution in [-0.4, -0.2) is 16.9 Å². The molecule has 0 saturated heterocycles. The first-order chi connectivity index (χ1) is 5.40. The molecule has 0 radical (unpaired) electrons. The zero-order valence-corrected chi connectivity index (χ0v) is 6.24. The van der Waals surface area contributed by atoms with Gasteiger partial charge in [0, 0.05) is 18.9 Å². The van der Waals surface area contributed by atoms with Crippen LogP contribution in [0.1, 0.15) is 11.6 Å². The fourth-order valence-corrected chi connectivity index (χ4v) is 0.929. The van der Waals surface area contributed by atoms with E-state index in [1.54, 1.807) is 13.3 Å². The van der Waals surface area contributed by atoms with E-state index in [1.807, 2.05) is 10.9 Å². The molecule has 0 saturated carbocycles. The van der Waals surface area contributed by atoms with Crippen LogP contribution in [0, 0.1) is 11.8 Å². The summed E-state index contributed by atoms with van der Waals surface area (Å²) in [6, 6.07) is 0.181. The van der Waals surface area contributed by atoms with Gasteiger partial charge in [0.15, 0.2) is 6.04 Å². The average Bonchev–Trinajstić information content (AvgIpc) is 2.75. The number of aromatic nitrogens is 2. The second-order valence-corrected chi connectivity index (χ2v) is 2.45. The molecular weight excluding hydrogens is 140 g/mol. The number of methoxy groups -OCH3 is 1. The lowest BCUT2D eigenvalue weighted by molar-refractivity contribution is 0.185. The van der Waals surface area contributed by atoms with E-state index in [2.05, 4.69) is 16.9 Å². The van der Waals surface area contributed by atoms with Gasteiger partial charge in [-0.3, -0.25) is 0 Å². The third-order valence-corrected chi connectivity index (χ3v) is 1.50. The molecule has 1 aliphatic carbocycles. The first kappa shape index (κ1) is 6.44. The van der Waals surface area contributed by atoms with Crippen LogP contribution in [0.15, 0.2) is 12.4 Å². The van der Waals surface area contributed by atoms with E-state index < -0.39 is 0 Å². The number of nitrogens with zero attached hydrogens (tertiary/aromatic N) is 2. The molecule has 3 heteroatoms. The van der Waals surface area contributed by atoms with Gasteiger partial charge in [-0.25, -0.2) is 4.68 Å². The summed E-state index contributed by atoms with van der Waals surface area (Å²) in [5.41, 5.74) is 1.09. The van der Waals surface area contributed by atoms with Crippen molar-refractivity contribution in [2.75, 3.05) is 7.11 Å². The van der Waals surface area contributed by atoms with Crippen LogP contribution in [0.2, 0.25) is 0 Å². The Balaban J connectivity index is 2.07. The summed E-state index contributed by atoms with van der Waals surface area (Å²) < 4.78 is 6.76. The van der Waals surface area contributed by atoms with Gasteiger partial charge in [-0.1, -0.05) is 11.8 Å². The molecule has 2 rings (SSSR count). The lowest BCUT2D eigenvalue weighted by Crippen LogP contribution is -1.95. The van der Waals surface area contributed by atoms with E-state index in [9.17, 15) is 0 Å². The summed E-state index contributed by atoms with van der Waals surface area (Å²) in [5, 5.41) is 4.11. The van der Waals surface area contributed by atoms with E-state index in [4.69, 9.17) is 4.74 Å². The van der Waals surface area contributed by atoms with Gasteiger partial charge >= 0.3 is 0 Å². The number of ether oxygens (including phenoxy) is 1. The van der Waals surface area contributed by atoms with E-state index >= 15 is 0 Å². The Labute approximate surface area is 65.0 Å². The molecule has 11 heavy (non-hydrogen) atoms. The molecule has 1 heterocycles. The normalized spacial score (nSPS) is 14.3. The molecule has 0 N–H and O–H groups in total. The van der Waals surface area contributed by atoms with Gasteiger partial charge in [-0.15, -0.1) is 0 Å². The zero-order valence-electron chi connectivity index (χ0n) is 6.24. The van der Waals surface area contributed by atoms with Crippen LogP contribution in [-0.2, 0) is 11.3 Å². The molecule has 1 aliphatic rings. The van der Waals surface area contributed by atoms with Crippen molar-refractivity contribution >= 4 is 0 Å². The molecular formula is C8H8N2O. The molecule has 0 bridgehead atoms. The third-order valence-electron chi connectivity index (χ3n) is 1.50. The SMILES string of the molecule is COCc1cnn(C2C#C2)c1. The maximum Gasteiger partial charge on any atom is 0.172 e. The van der Waals surface area contributed by atoms with E-state index in [-0.39, 0.29) is 6.04 Å². The predicted molar refractivity (Wildman–Crippen MR) is 39.8 cm³/mol. The summed E-state index contributed by atoms with van der Waals surface area (Å²) in [7, 11) is 1.67. The minimum Gasteiger partial charge on any atom is -0.380 e. The highest BCUT2D eigenvalue weighted by atomic mass is 16.5. The fraction of sp³-hybridized carbons (Fsp3) is 0.375. The molecule has 0 aromatic carbocycles. The van der Waals surface area contributed by atoms with Crippen LogP contribution in [0.25, 0.3) is 0 Å². The van der Waals surface area contributed by atoms with E-state index in [1.165, 1.54) is 0 Å². The number of rotatable bonds is 3. The summed E-state index contributed by atoms with van der Waals surface area (Å²) in [6.07, 6.45) is 3.74. The Morgan fingerprint density at radius 2 is 2.55 bits per heavy atom. The van der Waals surface area contributed by atoms with Gasteiger partial charge in [-0.2, -0.15) is 5.10 Å². The topological polar surface area (TPSA) is 27.1 Å². The molecule has 0 atom stereocenters. The summed E-state index contributed by atoms with van der Waals surface area (Å²) in [5.74, 6) is 5.83. The largest absolute Gasteiger partial charge is 0.380 e. The monoisotopic (exact) mass is 148 g/mol. The Bertz CT molecular complexity index is 310. The molecule has 0 aliphatic heterocycles. The fourth-order valence-electron chi connectivity index (χ4n) is 0.929. The number of hydrogen-bond acceptors (Lipinski definition) is 2. The van der Waals surface area contributed by atoms with Gasteiger partial charge in [0.25, 0.3) is 0 Å². The van der Waals surface area contributed by atoms with Gasteiger partial charge in [0.2, 0.25) is 0 Å². The minimum absolute atomic E-state index is 0.181. The Morgan fingerprint density at radius 1 is 1.73 bits per heavy atom. The van der Waals surface area contributed by atoms with E-state index in [0.717, 1.165) is 5.56 Å². The minimum atomic E-state index is 0.181. The summed E-state index contributed by atoms with van der Waals surface area (Å²) in [4.78, 5) is 0. The number of hydrogen-bond donors (Lipinski definition) is 0. The molecule has 0 spiro atoms. The van der Waals surface area contributed by atoms with Crippen LogP contribution in [0.4, 0.5) is 0 Å². The second kappa shape index (κ2) is 2.40. The van der Waals surface area contributed by atoms with Crippen LogP contribution in [0.3, 0.4) is 0 Å². The maximum atomic E-state index is 4.95. The van der Waals surface area contributed by atoms with Gasteiger partial charge in [0.05, 0.1) is 12.8 Å². The molecule has 1 aromatic heterocycles. The maximum absolute atomic E-state index is 4.95. The standard InChI is InChI=1S/C8H8N2O/c1-11-6-7-4-9-10(5-7)8-2-3-8/h4-5,8H,6H2,1H3. The van der Waals surface area contributed by atoms with Gasteiger partial charge < -0.3 is 4.74 Å². The van der Waals surface area contributed by atoms with Crippen molar-refractivity contribution in [2.24, 2.45) is 0 Å². The lowest BCUT2D eigenvalue weighted by atomic mass is 10.4. The van der Waals surface area contributed by atoms with Gasteiger partial charge in [0.1, 0.15) is 0 Å². The highest BCUT2D eigenvalue weighted by Crippen LogP contribution is 2.12. The van der Waals surface area contributed by atoms with E-state index in [0.29, 0.717) is 6.61 Å². The molecule has 0 fully saturated rings. The molecule has 0 amide bonds. The van der Waals surface area contributed by atoms with Crippen molar-refractivity contribution in [3.63, 3.8) is 0 Å². The Kier molecular flexibility index (Phi) is 1.41. The third kappa shape index (κ3) is 1.26. The van der Waals surface area contributed by atoms with Crippen molar-refractivity contribution in [1.82, 2.24) is 9.78 Å². The molecule has 56 valence electrons. The lowest BCUT2D eigenvalue weighted by Gasteiger charge is -1.93. The average molecular weight is 148 g/mol. The summed E-state index contributed by atoms with van der Waals surface area (Å²) >= 11 is 0. The Morgan fingerprint density at radius 3 is 3.18 bits per heavy atom. The molecule has 1 aromatic rings. The quantitative estimate of drug-likeness (QED) is 0.586.